The smallest absolute Gasteiger partial charge is 0.265 e. The maximum Gasteiger partial charge on any atom is 0.265 e. The van der Waals surface area contributed by atoms with Gasteiger partial charge in [-0.2, -0.15) is 0 Å². The zero-order valence-electron chi connectivity index (χ0n) is 11.0. The lowest BCUT2D eigenvalue weighted by Gasteiger charge is -2.13. The van der Waals surface area contributed by atoms with Crippen molar-refractivity contribution in [2.24, 2.45) is 0 Å². The molecule has 0 fully saturated rings. The van der Waals surface area contributed by atoms with E-state index < -0.39 is 0 Å². The van der Waals surface area contributed by atoms with Crippen LogP contribution in [0.2, 0.25) is 0 Å². The SMILES string of the molecule is COc1cc(NC(=O)c2cccs2)c(OC)cc1C. The molecule has 1 aromatic carbocycles. The number of rotatable bonds is 4. The van der Waals surface area contributed by atoms with E-state index in [1.54, 1.807) is 26.4 Å². The Morgan fingerprint density at radius 3 is 2.53 bits per heavy atom. The summed E-state index contributed by atoms with van der Waals surface area (Å²) in [5.74, 6) is 1.17. The summed E-state index contributed by atoms with van der Waals surface area (Å²) in [6.07, 6.45) is 0. The minimum atomic E-state index is -0.154. The van der Waals surface area contributed by atoms with Crippen LogP contribution in [0.15, 0.2) is 29.6 Å². The Labute approximate surface area is 116 Å². The lowest BCUT2D eigenvalue weighted by Crippen LogP contribution is -2.11. The van der Waals surface area contributed by atoms with Gasteiger partial charge in [-0.25, -0.2) is 0 Å². The second-order valence-electron chi connectivity index (χ2n) is 3.95. The molecule has 5 heteroatoms. The highest BCUT2D eigenvalue weighted by Crippen LogP contribution is 2.32. The molecule has 4 nitrogen and oxygen atoms in total. The fourth-order valence-electron chi connectivity index (χ4n) is 1.74. The van der Waals surface area contributed by atoms with Gasteiger partial charge in [0.05, 0.1) is 24.8 Å². The molecule has 0 saturated heterocycles. The summed E-state index contributed by atoms with van der Waals surface area (Å²) in [5, 5.41) is 4.70. The van der Waals surface area contributed by atoms with Crippen LogP contribution >= 0.6 is 11.3 Å². The Balaban J connectivity index is 2.31. The Morgan fingerprint density at radius 2 is 1.95 bits per heavy atom. The molecule has 0 bridgehead atoms. The first kappa shape index (κ1) is 13.4. The molecule has 0 aliphatic carbocycles. The van der Waals surface area contributed by atoms with Gasteiger partial charge in [0.25, 0.3) is 5.91 Å². The van der Waals surface area contributed by atoms with Crippen LogP contribution in [0.3, 0.4) is 0 Å². The maximum atomic E-state index is 12.0. The van der Waals surface area contributed by atoms with E-state index in [0.717, 1.165) is 5.56 Å². The van der Waals surface area contributed by atoms with E-state index in [4.69, 9.17) is 9.47 Å². The molecule has 0 unspecified atom stereocenters. The van der Waals surface area contributed by atoms with Crippen LogP contribution in [0, 0.1) is 6.92 Å². The largest absolute Gasteiger partial charge is 0.496 e. The lowest BCUT2D eigenvalue weighted by molar-refractivity contribution is 0.103. The monoisotopic (exact) mass is 277 g/mol. The number of methoxy groups -OCH3 is 2. The van der Waals surface area contributed by atoms with Crippen molar-refractivity contribution in [2.75, 3.05) is 19.5 Å². The van der Waals surface area contributed by atoms with Gasteiger partial charge in [-0.05, 0) is 30.0 Å². The Kier molecular flexibility index (Phi) is 4.06. The van der Waals surface area contributed by atoms with Crippen molar-refractivity contribution in [1.29, 1.82) is 0 Å². The van der Waals surface area contributed by atoms with Gasteiger partial charge in [0.1, 0.15) is 11.5 Å². The quantitative estimate of drug-likeness (QED) is 0.932. The number of hydrogen-bond donors (Lipinski definition) is 1. The summed E-state index contributed by atoms with van der Waals surface area (Å²) >= 11 is 1.39. The Morgan fingerprint density at radius 1 is 1.21 bits per heavy atom. The fourth-order valence-corrected chi connectivity index (χ4v) is 2.36. The summed E-state index contributed by atoms with van der Waals surface area (Å²) in [6.45, 7) is 1.92. The van der Waals surface area contributed by atoms with Crippen LogP contribution in [0.4, 0.5) is 5.69 Å². The Bertz CT molecular complexity index is 579. The van der Waals surface area contributed by atoms with Crippen molar-refractivity contribution in [3.05, 3.63) is 40.1 Å². The van der Waals surface area contributed by atoms with E-state index >= 15 is 0 Å². The summed E-state index contributed by atoms with van der Waals surface area (Å²) in [7, 11) is 3.17. The van der Waals surface area contributed by atoms with Gasteiger partial charge < -0.3 is 14.8 Å². The average Bonchev–Trinajstić information content (AvgIpc) is 2.94. The van der Waals surface area contributed by atoms with Gasteiger partial charge in [-0.3, -0.25) is 4.79 Å². The lowest BCUT2D eigenvalue weighted by atomic mass is 10.2. The minimum absolute atomic E-state index is 0.154. The number of hydrogen-bond acceptors (Lipinski definition) is 4. The molecule has 0 saturated carbocycles. The second-order valence-corrected chi connectivity index (χ2v) is 4.90. The van der Waals surface area contributed by atoms with E-state index in [9.17, 15) is 4.79 Å². The third kappa shape index (κ3) is 2.88. The van der Waals surface area contributed by atoms with Gasteiger partial charge in [-0.15, -0.1) is 11.3 Å². The van der Waals surface area contributed by atoms with Crippen LogP contribution < -0.4 is 14.8 Å². The molecule has 100 valence electrons. The van der Waals surface area contributed by atoms with Crippen LogP contribution in [0.5, 0.6) is 11.5 Å². The zero-order valence-corrected chi connectivity index (χ0v) is 11.8. The van der Waals surface area contributed by atoms with Crippen molar-refractivity contribution < 1.29 is 14.3 Å². The number of aryl methyl sites for hydroxylation is 1. The highest BCUT2D eigenvalue weighted by Gasteiger charge is 2.13. The average molecular weight is 277 g/mol. The zero-order chi connectivity index (χ0) is 13.8. The molecule has 1 amide bonds. The first-order chi connectivity index (χ1) is 9.15. The molecular formula is C14H15NO3S. The summed E-state index contributed by atoms with van der Waals surface area (Å²) in [4.78, 5) is 12.7. The normalized spacial score (nSPS) is 10.1. The number of ether oxygens (including phenoxy) is 2. The van der Waals surface area contributed by atoms with E-state index in [1.807, 2.05) is 24.4 Å². The highest BCUT2D eigenvalue weighted by molar-refractivity contribution is 7.12. The molecule has 0 spiro atoms. The molecule has 0 aliphatic rings. The highest BCUT2D eigenvalue weighted by atomic mass is 32.1. The molecule has 1 N–H and O–H groups in total. The van der Waals surface area contributed by atoms with E-state index in [0.29, 0.717) is 22.1 Å². The molecule has 1 heterocycles. The van der Waals surface area contributed by atoms with Gasteiger partial charge >= 0.3 is 0 Å². The van der Waals surface area contributed by atoms with Crippen LogP contribution in [0.25, 0.3) is 0 Å². The van der Waals surface area contributed by atoms with E-state index in [2.05, 4.69) is 5.32 Å². The van der Waals surface area contributed by atoms with Crippen molar-refractivity contribution in [3.63, 3.8) is 0 Å². The van der Waals surface area contributed by atoms with Crippen molar-refractivity contribution in [3.8, 4) is 11.5 Å². The summed E-state index contributed by atoms with van der Waals surface area (Å²) in [5.41, 5.74) is 1.55. The number of carbonyl (C=O) groups excluding carboxylic acids is 1. The molecule has 2 rings (SSSR count). The van der Waals surface area contributed by atoms with Crippen LogP contribution in [-0.4, -0.2) is 20.1 Å². The summed E-state index contributed by atoms with van der Waals surface area (Å²) < 4.78 is 10.5. The Hall–Kier alpha value is -2.01. The molecule has 2 aromatic rings. The third-order valence-electron chi connectivity index (χ3n) is 2.71. The number of anilines is 1. The predicted molar refractivity (Wildman–Crippen MR) is 76.6 cm³/mol. The topological polar surface area (TPSA) is 47.6 Å². The number of thiophene rings is 1. The molecule has 0 radical (unpaired) electrons. The van der Waals surface area contributed by atoms with Crippen LogP contribution in [-0.2, 0) is 0 Å². The standard InChI is InChI=1S/C14H15NO3S/c1-9-7-12(18-3)10(8-11(9)17-2)15-14(16)13-5-4-6-19-13/h4-8H,1-3H3,(H,15,16). The van der Waals surface area contributed by atoms with E-state index in [1.165, 1.54) is 11.3 Å². The maximum absolute atomic E-state index is 12.0. The molecular weight excluding hydrogens is 262 g/mol. The van der Waals surface area contributed by atoms with Gasteiger partial charge in [0, 0.05) is 6.07 Å². The number of amides is 1. The third-order valence-corrected chi connectivity index (χ3v) is 3.58. The predicted octanol–water partition coefficient (Wildman–Crippen LogP) is 3.33. The van der Waals surface area contributed by atoms with Crippen LogP contribution in [0.1, 0.15) is 15.2 Å². The van der Waals surface area contributed by atoms with Crippen molar-refractivity contribution >= 4 is 22.9 Å². The van der Waals surface area contributed by atoms with Gasteiger partial charge in [0.15, 0.2) is 0 Å². The number of nitrogens with one attached hydrogen (secondary N) is 1. The molecule has 0 atom stereocenters. The van der Waals surface area contributed by atoms with Crippen molar-refractivity contribution in [1.82, 2.24) is 0 Å². The van der Waals surface area contributed by atoms with Gasteiger partial charge in [0.2, 0.25) is 0 Å². The first-order valence-electron chi connectivity index (χ1n) is 5.73. The van der Waals surface area contributed by atoms with E-state index in [-0.39, 0.29) is 5.91 Å². The van der Waals surface area contributed by atoms with Crippen molar-refractivity contribution in [2.45, 2.75) is 6.92 Å². The number of carbonyl (C=O) groups is 1. The van der Waals surface area contributed by atoms with Gasteiger partial charge in [-0.1, -0.05) is 6.07 Å². The second kappa shape index (κ2) is 5.75. The summed E-state index contributed by atoms with van der Waals surface area (Å²) in [6, 6.07) is 7.22. The fraction of sp³-hybridized carbons (Fsp3) is 0.214. The minimum Gasteiger partial charge on any atom is -0.496 e. The molecule has 1 aromatic heterocycles. The molecule has 0 aliphatic heterocycles. The number of benzene rings is 1. The molecule has 19 heavy (non-hydrogen) atoms. The first-order valence-corrected chi connectivity index (χ1v) is 6.61.